The van der Waals surface area contributed by atoms with Gasteiger partial charge in [-0.25, -0.2) is 4.79 Å². The van der Waals surface area contributed by atoms with E-state index < -0.39 is 59.9 Å². The highest BCUT2D eigenvalue weighted by Crippen LogP contribution is 2.65. The van der Waals surface area contributed by atoms with Gasteiger partial charge < -0.3 is 30.9 Å². The summed E-state index contributed by atoms with van der Waals surface area (Å²) in [4.78, 5) is 81.9. The maximum absolute atomic E-state index is 14.5. The van der Waals surface area contributed by atoms with Crippen LogP contribution in [0.2, 0.25) is 0 Å². The average Bonchev–Trinajstić information content (AvgIpc) is 3.43. The van der Waals surface area contributed by atoms with Crippen LogP contribution in [0.25, 0.3) is 0 Å². The molecule has 2 fully saturated rings. The summed E-state index contributed by atoms with van der Waals surface area (Å²) in [6.45, 7) is 11.4. The third-order valence-corrected chi connectivity index (χ3v) is 10.4. The standard InChI is InChI=1S/C39H51N5O7/c1-7-13-28(33(46)35(48)41-21-29(45)40-20-23-14-9-8-10-15-23)42-34(47)32-30-27(39(30,5)6)22-44(32)36(49)31(43-37(50)51-38(2,3)4)26-18-24-16-11-12-17-25(24)19-26/h8-12,14-17,26-28,30-32H,7,13,18-22H2,1-6H3,(H,40,45)(H,41,48)(H,42,47)(H,43,50)/t27?,28?,30?,31?,32-/m0/s1. The predicted octanol–water partition coefficient (Wildman–Crippen LogP) is 3.06. The van der Waals surface area contributed by atoms with E-state index in [1.54, 1.807) is 25.7 Å². The van der Waals surface area contributed by atoms with E-state index in [-0.39, 0.29) is 42.0 Å². The molecule has 12 nitrogen and oxygen atoms in total. The second kappa shape index (κ2) is 15.2. The number of ketones is 1. The molecule has 5 rings (SSSR count). The second-order valence-electron chi connectivity index (χ2n) is 15.6. The normalized spacial score (nSPS) is 21.4. The van der Waals surface area contributed by atoms with E-state index in [4.69, 9.17) is 4.74 Å². The first-order valence-electron chi connectivity index (χ1n) is 17.9. The lowest BCUT2D eigenvalue weighted by atomic mass is 9.93. The number of amides is 5. The third-order valence-electron chi connectivity index (χ3n) is 10.4. The van der Waals surface area contributed by atoms with Gasteiger partial charge in [0.1, 0.15) is 17.7 Å². The number of likely N-dealkylation sites (tertiary alicyclic amines) is 1. The van der Waals surface area contributed by atoms with Gasteiger partial charge in [0.05, 0.1) is 12.6 Å². The summed E-state index contributed by atoms with van der Waals surface area (Å²) in [7, 11) is 0. The fourth-order valence-corrected chi connectivity index (χ4v) is 7.72. The molecule has 1 saturated heterocycles. The van der Waals surface area contributed by atoms with Crippen molar-refractivity contribution in [3.8, 4) is 0 Å². The quantitative estimate of drug-likeness (QED) is 0.233. The number of nitrogens with one attached hydrogen (secondary N) is 4. The van der Waals surface area contributed by atoms with E-state index in [0.717, 1.165) is 16.7 Å². The molecule has 3 aliphatic rings. The Balaban J connectivity index is 1.28. The minimum absolute atomic E-state index is 0.0539. The molecule has 1 aliphatic heterocycles. The molecule has 2 aromatic carbocycles. The van der Waals surface area contributed by atoms with Crippen LogP contribution in [-0.4, -0.2) is 77.2 Å². The van der Waals surface area contributed by atoms with Crippen molar-refractivity contribution in [2.45, 2.75) is 97.5 Å². The van der Waals surface area contributed by atoms with Crippen molar-refractivity contribution < 1.29 is 33.5 Å². The Morgan fingerprint density at radius 3 is 2.14 bits per heavy atom. The Morgan fingerprint density at radius 2 is 1.53 bits per heavy atom. The summed E-state index contributed by atoms with van der Waals surface area (Å²) in [6.07, 6.45) is 1.14. The molecule has 51 heavy (non-hydrogen) atoms. The molecule has 2 aliphatic carbocycles. The molecule has 0 radical (unpaired) electrons. The number of hydrogen-bond donors (Lipinski definition) is 4. The average molecular weight is 702 g/mol. The van der Waals surface area contributed by atoms with Crippen molar-refractivity contribution in [1.82, 2.24) is 26.2 Å². The van der Waals surface area contributed by atoms with Crippen molar-refractivity contribution in [2.24, 2.45) is 23.2 Å². The van der Waals surface area contributed by atoms with Crippen molar-refractivity contribution >= 4 is 35.5 Å². The molecule has 0 spiro atoms. The Hall–Kier alpha value is -4.74. The van der Waals surface area contributed by atoms with Crippen LogP contribution in [0.5, 0.6) is 0 Å². The van der Waals surface area contributed by atoms with Crippen LogP contribution in [0, 0.1) is 23.2 Å². The number of piperidine rings is 1. The Bertz CT molecular complexity index is 1630. The molecular formula is C39H51N5O7. The number of fused-ring (bicyclic) bond motifs is 2. The van der Waals surface area contributed by atoms with Crippen LogP contribution in [0.15, 0.2) is 54.6 Å². The zero-order valence-electron chi connectivity index (χ0n) is 30.4. The van der Waals surface area contributed by atoms with E-state index >= 15 is 0 Å². The van der Waals surface area contributed by atoms with Gasteiger partial charge in [-0.3, -0.25) is 24.0 Å². The maximum Gasteiger partial charge on any atom is 0.408 e. The Labute approximate surface area is 299 Å². The van der Waals surface area contributed by atoms with Crippen LogP contribution in [0.3, 0.4) is 0 Å². The second-order valence-corrected chi connectivity index (χ2v) is 15.6. The first-order chi connectivity index (χ1) is 24.1. The van der Waals surface area contributed by atoms with Gasteiger partial charge in [0.15, 0.2) is 0 Å². The van der Waals surface area contributed by atoms with Gasteiger partial charge in [0, 0.05) is 13.1 Å². The van der Waals surface area contributed by atoms with E-state index in [2.05, 4.69) is 35.1 Å². The molecule has 274 valence electrons. The monoisotopic (exact) mass is 701 g/mol. The van der Waals surface area contributed by atoms with Gasteiger partial charge in [-0.05, 0) is 79.9 Å². The number of alkyl carbamates (subject to hydrolysis) is 1. The Morgan fingerprint density at radius 1 is 0.902 bits per heavy atom. The number of hydrogen-bond acceptors (Lipinski definition) is 7. The lowest BCUT2D eigenvalue weighted by Gasteiger charge is -2.35. The molecule has 5 amide bonds. The highest BCUT2D eigenvalue weighted by Gasteiger charge is 2.69. The number of ether oxygens (including phenoxy) is 1. The smallest absolute Gasteiger partial charge is 0.408 e. The lowest BCUT2D eigenvalue weighted by Crippen LogP contribution is -2.60. The predicted molar refractivity (Wildman–Crippen MR) is 190 cm³/mol. The number of nitrogens with zero attached hydrogens (tertiary/aromatic N) is 1. The van der Waals surface area contributed by atoms with E-state index in [1.165, 1.54) is 0 Å². The molecule has 12 heteroatoms. The van der Waals surface area contributed by atoms with E-state index in [1.807, 2.05) is 61.5 Å². The fraction of sp³-hybridized carbons (Fsp3) is 0.538. The largest absolute Gasteiger partial charge is 0.444 e. The molecule has 4 unspecified atom stereocenters. The van der Waals surface area contributed by atoms with Crippen LogP contribution < -0.4 is 21.3 Å². The first-order valence-corrected chi connectivity index (χ1v) is 17.9. The number of carbonyl (C=O) groups is 6. The fourth-order valence-electron chi connectivity index (χ4n) is 7.72. The van der Waals surface area contributed by atoms with Gasteiger partial charge >= 0.3 is 6.09 Å². The van der Waals surface area contributed by atoms with Crippen LogP contribution in [0.4, 0.5) is 4.79 Å². The van der Waals surface area contributed by atoms with Crippen molar-refractivity contribution in [1.29, 1.82) is 0 Å². The molecule has 4 N–H and O–H groups in total. The number of Topliss-reactive ketones (excluding diaryl/α,β-unsaturated/α-hetero) is 1. The van der Waals surface area contributed by atoms with E-state index in [0.29, 0.717) is 25.8 Å². The molecule has 5 atom stereocenters. The molecule has 0 bridgehead atoms. The molecule has 2 aromatic rings. The highest BCUT2D eigenvalue weighted by atomic mass is 16.6. The van der Waals surface area contributed by atoms with Gasteiger partial charge in [-0.2, -0.15) is 0 Å². The summed E-state index contributed by atoms with van der Waals surface area (Å²) in [5, 5.41) is 10.7. The van der Waals surface area contributed by atoms with Crippen LogP contribution >= 0.6 is 0 Å². The summed E-state index contributed by atoms with van der Waals surface area (Å²) < 4.78 is 5.55. The van der Waals surface area contributed by atoms with Gasteiger partial charge in [-0.1, -0.05) is 81.8 Å². The zero-order valence-corrected chi connectivity index (χ0v) is 30.4. The molecule has 1 heterocycles. The zero-order chi connectivity index (χ0) is 37.1. The minimum atomic E-state index is -1.15. The summed E-state index contributed by atoms with van der Waals surface area (Å²) in [5.74, 6) is -3.56. The summed E-state index contributed by atoms with van der Waals surface area (Å²) >= 11 is 0. The van der Waals surface area contributed by atoms with Crippen molar-refractivity contribution in [3.05, 3.63) is 71.3 Å². The summed E-state index contributed by atoms with van der Waals surface area (Å²) in [6, 6.07) is 14.2. The molecular weight excluding hydrogens is 650 g/mol. The lowest BCUT2D eigenvalue weighted by molar-refractivity contribution is -0.144. The third kappa shape index (κ3) is 8.77. The van der Waals surface area contributed by atoms with Gasteiger partial charge in [0.2, 0.25) is 23.5 Å². The minimum Gasteiger partial charge on any atom is -0.444 e. The van der Waals surface area contributed by atoms with Crippen molar-refractivity contribution in [2.75, 3.05) is 13.1 Å². The van der Waals surface area contributed by atoms with Gasteiger partial charge in [-0.15, -0.1) is 0 Å². The number of benzene rings is 2. The van der Waals surface area contributed by atoms with Crippen molar-refractivity contribution in [3.63, 3.8) is 0 Å². The molecule has 0 aromatic heterocycles. The van der Waals surface area contributed by atoms with E-state index in [9.17, 15) is 28.8 Å². The maximum atomic E-state index is 14.5. The Kier molecular flexibility index (Phi) is 11.2. The number of carbonyl (C=O) groups excluding carboxylic acids is 6. The SMILES string of the molecule is CCCC(NC(=O)[C@@H]1C2C(CN1C(=O)C(NC(=O)OC(C)(C)C)C1Cc3ccccc3C1)C2(C)C)C(=O)C(=O)NCC(=O)NCc1ccccc1. The highest BCUT2D eigenvalue weighted by molar-refractivity contribution is 6.38. The van der Waals surface area contributed by atoms with Crippen LogP contribution in [0.1, 0.15) is 71.1 Å². The first kappa shape index (κ1) is 37.5. The summed E-state index contributed by atoms with van der Waals surface area (Å²) in [5.41, 5.74) is 2.11. The number of rotatable bonds is 13. The molecule has 1 saturated carbocycles. The topological polar surface area (TPSA) is 163 Å². The van der Waals surface area contributed by atoms with Gasteiger partial charge in [0.25, 0.3) is 5.91 Å². The van der Waals surface area contributed by atoms with Crippen LogP contribution in [-0.2, 0) is 48.1 Å².